The number of allylic oxidation sites excluding steroid dienone is 1. The number of hydrogen-bond acceptors (Lipinski definition) is 4. The average Bonchev–Trinajstić information content (AvgIpc) is 3.43. The van der Waals surface area contributed by atoms with Crippen molar-refractivity contribution >= 4 is 33.8 Å². The smallest absolute Gasteiger partial charge is 0.380 e. The van der Waals surface area contributed by atoms with Gasteiger partial charge in [-0.15, -0.1) is 0 Å². The lowest BCUT2D eigenvalue weighted by atomic mass is 10.0. The van der Waals surface area contributed by atoms with E-state index in [4.69, 9.17) is 5.84 Å². The summed E-state index contributed by atoms with van der Waals surface area (Å²) in [6.07, 6.45) is 2.12. The Morgan fingerprint density at radius 3 is 2.50 bits per heavy atom. The van der Waals surface area contributed by atoms with Gasteiger partial charge < -0.3 is 15.4 Å². The minimum absolute atomic E-state index is 0.405. The van der Waals surface area contributed by atoms with E-state index < -0.39 is 23.2 Å². The van der Waals surface area contributed by atoms with Crippen molar-refractivity contribution in [2.24, 2.45) is 5.84 Å². The molecule has 0 atom stereocenters. The van der Waals surface area contributed by atoms with Gasteiger partial charge in [0.2, 0.25) is 0 Å². The first-order valence-corrected chi connectivity index (χ1v) is 11.2. The molecule has 3 aromatic rings. The Kier molecular flexibility index (Phi) is 6.42. The van der Waals surface area contributed by atoms with Crippen molar-refractivity contribution in [2.75, 3.05) is 10.3 Å². The van der Waals surface area contributed by atoms with Crippen LogP contribution < -0.4 is 16.2 Å². The monoisotopic (exact) mass is 472 g/mol. The summed E-state index contributed by atoms with van der Waals surface area (Å²) >= 11 is 0. The number of amides is 1. The third kappa shape index (κ3) is 4.80. The van der Waals surface area contributed by atoms with Gasteiger partial charge in [0.25, 0.3) is 5.91 Å². The Morgan fingerprint density at radius 1 is 1.21 bits per heavy atom. The van der Waals surface area contributed by atoms with Gasteiger partial charge in [-0.25, -0.2) is 5.84 Å². The molecule has 1 saturated carbocycles. The fourth-order valence-corrected chi connectivity index (χ4v) is 4.28. The number of aromatic amines is 1. The van der Waals surface area contributed by atoms with Crippen molar-refractivity contribution in [1.82, 2.24) is 4.98 Å². The zero-order valence-corrected chi connectivity index (χ0v) is 18.7. The summed E-state index contributed by atoms with van der Waals surface area (Å²) in [4.78, 5) is 15.8. The second-order valence-electron chi connectivity index (χ2n) is 8.62. The molecule has 6 nitrogen and oxygen atoms in total. The van der Waals surface area contributed by atoms with Gasteiger partial charge in [0.05, 0.1) is 16.9 Å². The number of carbonyl (C=O) groups excluding carboxylic acids is 1. The minimum Gasteiger partial charge on any atom is -0.380 e. The molecule has 9 heteroatoms. The van der Waals surface area contributed by atoms with Gasteiger partial charge >= 0.3 is 6.18 Å². The van der Waals surface area contributed by atoms with Gasteiger partial charge in [0, 0.05) is 23.3 Å². The van der Waals surface area contributed by atoms with E-state index in [0.717, 1.165) is 47.0 Å². The fraction of sp³-hybridized carbons (Fsp3) is 0.320. The Bertz CT molecular complexity index is 1210. The molecule has 0 unspecified atom stereocenters. The van der Waals surface area contributed by atoms with Crippen LogP contribution in [-0.4, -0.2) is 21.6 Å². The van der Waals surface area contributed by atoms with E-state index in [-0.39, 0.29) is 0 Å². The standard InChI is InChI=1S/C25H27F3N4O2/c1-2-16(15-32(29)19-8-6-18(7-9-19)25(26,27)28)17-5-10-21-20(13-17)22(14-30-21)31-23(33)24(34)11-3-4-12-24/h5-10,13-15,30,34H,2-4,11-12,29H2,1H3,(H,31,33)/b16-15+. The molecule has 1 amide bonds. The number of aromatic nitrogens is 1. The van der Waals surface area contributed by atoms with Crippen LogP contribution >= 0.6 is 0 Å². The normalized spacial score (nSPS) is 16.1. The van der Waals surface area contributed by atoms with Crippen LogP contribution in [0.15, 0.2) is 54.9 Å². The summed E-state index contributed by atoms with van der Waals surface area (Å²) in [7, 11) is 0. The molecule has 2 aromatic carbocycles. The number of anilines is 2. The number of aliphatic hydroxyl groups is 1. The largest absolute Gasteiger partial charge is 0.416 e. The molecule has 4 rings (SSSR count). The molecule has 5 N–H and O–H groups in total. The van der Waals surface area contributed by atoms with Gasteiger partial charge in [-0.05, 0) is 79.6 Å². The van der Waals surface area contributed by atoms with Crippen molar-refractivity contribution in [1.29, 1.82) is 0 Å². The number of carbonyl (C=O) groups is 1. The maximum absolute atomic E-state index is 12.8. The Morgan fingerprint density at radius 2 is 1.88 bits per heavy atom. The van der Waals surface area contributed by atoms with Gasteiger partial charge in [-0.1, -0.05) is 13.0 Å². The lowest BCUT2D eigenvalue weighted by Crippen LogP contribution is -2.40. The first kappa shape index (κ1) is 23.8. The molecule has 34 heavy (non-hydrogen) atoms. The predicted molar refractivity (Wildman–Crippen MR) is 127 cm³/mol. The number of hydrazine groups is 1. The Labute approximate surface area is 195 Å². The average molecular weight is 473 g/mol. The molecule has 1 fully saturated rings. The number of nitrogens with two attached hydrogens (primary N) is 1. The summed E-state index contributed by atoms with van der Waals surface area (Å²) in [5.41, 5.74) is 1.45. The van der Waals surface area contributed by atoms with Crippen LogP contribution in [0.2, 0.25) is 0 Å². The molecule has 0 saturated heterocycles. The molecule has 0 spiro atoms. The summed E-state index contributed by atoms with van der Waals surface area (Å²) in [6.45, 7) is 1.95. The number of H-pyrrole nitrogens is 1. The molecule has 1 heterocycles. The third-order valence-corrected chi connectivity index (χ3v) is 6.32. The molecule has 1 aliphatic rings. The van der Waals surface area contributed by atoms with Crippen LogP contribution in [0.4, 0.5) is 24.5 Å². The van der Waals surface area contributed by atoms with Gasteiger partial charge in [0.1, 0.15) is 5.60 Å². The highest BCUT2D eigenvalue weighted by Crippen LogP contribution is 2.34. The van der Waals surface area contributed by atoms with E-state index in [1.165, 1.54) is 17.1 Å². The van der Waals surface area contributed by atoms with Crippen LogP contribution in [0.1, 0.15) is 50.2 Å². The zero-order chi connectivity index (χ0) is 24.5. The van der Waals surface area contributed by atoms with E-state index in [0.29, 0.717) is 30.6 Å². The van der Waals surface area contributed by atoms with Crippen molar-refractivity contribution < 1.29 is 23.1 Å². The number of benzene rings is 2. The van der Waals surface area contributed by atoms with E-state index >= 15 is 0 Å². The number of halogens is 3. The van der Waals surface area contributed by atoms with E-state index in [9.17, 15) is 23.1 Å². The number of fused-ring (bicyclic) bond motifs is 1. The molecule has 180 valence electrons. The third-order valence-electron chi connectivity index (χ3n) is 6.32. The van der Waals surface area contributed by atoms with Crippen LogP contribution in [0.25, 0.3) is 16.5 Å². The second-order valence-corrected chi connectivity index (χ2v) is 8.62. The highest BCUT2D eigenvalue weighted by atomic mass is 19.4. The molecule has 1 aliphatic carbocycles. The van der Waals surface area contributed by atoms with E-state index in [1.807, 2.05) is 25.1 Å². The van der Waals surface area contributed by atoms with E-state index in [2.05, 4.69) is 10.3 Å². The minimum atomic E-state index is -4.41. The molecule has 0 aliphatic heterocycles. The Balaban J connectivity index is 1.59. The molecule has 0 radical (unpaired) electrons. The van der Waals surface area contributed by atoms with Gasteiger partial charge in [0.15, 0.2) is 0 Å². The van der Waals surface area contributed by atoms with Crippen molar-refractivity contribution in [3.05, 3.63) is 66.0 Å². The number of nitrogens with one attached hydrogen (secondary N) is 2. The molecule has 1 aromatic heterocycles. The maximum Gasteiger partial charge on any atom is 0.416 e. The van der Waals surface area contributed by atoms with E-state index in [1.54, 1.807) is 12.4 Å². The first-order valence-electron chi connectivity index (χ1n) is 11.2. The van der Waals surface area contributed by atoms with Crippen molar-refractivity contribution in [3.8, 4) is 0 Å². The van der Waals surface area contributed by atoms with Crippen LogP contribution in [0.5, 0.6) is 0 Å². The number of hydrogen-bond donors (Lipinski definition) is 4. The summed E-state index contributed by atoms with van der Waals surface area (Å²) in [6, 6.07) is 10.3. The number of nitrogens with zero attached hydrogens (tertiary/aromatic N) is 1. The lowest BCUT2D eigenvalue weighted by Gasteiger charge is -2.20. The second kappa shape index (κ2) is 9.15. The fourth-order valence-electron chi connectivity index (χ4n) is 4.28. The topological polar surface area (TPSA) is 94.4 Å². The first-order chi connectivity index (χ1) is 16.1. The lowest BCUT2D eigenvalue weighted by molar-refractivity contribution is -0.137. The van der Waals surface area contributed by atoms with Gasteiger partial charge in [-0.3, -0.25) is 9.80 Å². The predicted octanol–water partition coefficient (Wildman–Crippen LogP) is 5.56. The van der Waals surface area contributed by atoms with Crippen molar-refractivity contribution in [3.63, 3.8) is 0 Å². The molecule has 0 bridgehead atoms. The zero-order valence-electron chi connectivity index (χ0n) is 18.7. The number of rotatable bonds is 6. The summed E-state index contributed by atoms with van der Waals surface area (Å²) < 4.78 is 38.5. The quantitative estimate of drug-likeness (QED) is 0.279. The van der Waals surface area contributed by atoms with Crippen LogP contribution in [-0.2, 0) is 11.0 Å². The van der Waals surface area contributed by atoms with Crippen LogP contribution in [0, 0.1) is 0 Å². The molecular formula is C25H27F3N4O2. The maximum atomic E-state index is 12.8. The summed E-state index contributed by atoms with van der Waals surface area (Å²) in [5.74, 6) is 5.72. The summed E-state index contributed by atoms with van der Waals surface area (Å²) in [5, 5.41) is 15.5. The van der Waals surface area contributed by atoms with Crippen LogP contribution in [0.3, 0.4) is 0 Å². The SMILES string of the molecule is CC/C(=C\N(N)c1ccc(C(F)(F)F)cc1)c1ccc2[nH]cc(NC(=O)C3(O)CCCC3)c2c1. The molecular weight excluding hydrogens is 445 g/mol. The van der Waals surface area contributed by atoms with Gasteiger partial charge in [-0.2, -0.15) is 13.2 Å². The number of alkyl halides is 3. The Hall–Kier alpha value is -3.30. The van der Waals surface area contributed by atoms with Crippen molar-refractivity contribution in [2.45, 2.75) is 50.8 Å². The highest BCUT2D eigenvalue weighted by Gasteiger charge is 2.39. The highest BCUT2D eigenvalue weighted by molar-refractivity contribution is 6.05.